The Kier molecular flexibility index (Phi) is 2.59. The maximum atomic E-state index is 4.00. The summed E-state index contributed by atoms with van der Waals surface area (Å²) in [7, 11) is 1.97. The van der Waals surface area contributed by atoms with Crippen molar-refractivity contribution in [2.75, 3.05) is 6.54 Å². The number of nitrogens with zero attached hydrogens (tertiary/aromatic N) is 3. The molecule has 0 radical (unpaired) electrons. The van der Waals surface area contributed by atoms with Gasteiger partial charge in [-0.05, 0) is 18.9 Å². The number of hydrogen-bond donors (Lipinski definition) is 1. The third-order valence-corrected chi connectivity index (χ3v) is 2.51. The molecule has 0 unspecified atom stereocenters. The lowest BCUT2D eigenvalue weighted by molar-refractivity contribution is 0.587. The van der Waals surface area contributed by atoms with E-state index in [2.05, 4.69) is 15.5 Å². The van der Waals surface area contributed by atoms with E-state index < -0.39 is 0 Å². The number of nitrogens with one attached hydrogen (secondary N) is 1. The van der Waals surface area contributed by atoms with Crippen molar-refractivity contribution < 1.29 is 0 Å². The summed E-state index contributed by atoms with van der Waals surface area (Å²) < 4.78 is 1.95. The lowest BCUT2D eigenvalue weighted by atomic mass is 10.3. The molecule has 2 rings (SSSR count). The summed E-state index contributed by atoms with van der Waals surface area (Å²) in [5.74, 6) is 2.02. The van der Waals surface area contributed by atoms with E-state index >= 15 is 0 Å². The van der Waals surface area contributed by atoms with E-state index in [0.29, 0.717) is 0 Å². The predicted octanol–water partition coefficient (Wildman–Crippen LogP) is 0.705. The summed E-state index contributed by atoms with van der Waals surface area (Å²) in [6.07, 6.45) is 5.92. The largest absolute Gasteiger partial charge is 0.320 e. The lowest BCUT2D eigenvalue weighted by Gasteiger charge is -2.02. The quantitative estimate of drug-likeness (QED) is 0.678. The monoisotopic (exact) mass is 180 g/mol. The van der Waals surface area contributed by atoms with E-state index in [-0.39, 0.29) is 0 Å². The first kappa shape index (κ1) is 8.69. The first-order chi connectivity index (χ1) is 6.36. The SMILES string of the molecule is Cn1cnnc1CNCCC1CC1. The molecule has 0 atom stereocenters. The van der Waals surface area contributed by atoms with Crippen molar-refractivity contribution in [2.45, 2.75) is 25.8 Å². The van der Waals surface area contributed by atoms with E-state index in [1.54, 1.807) is 6.33 Å². The topological polar surface area (TPSA) is 42.7 Å². The highest BCUT2D eigenvalue weighted by Gasteiger charge is 2.19. The maximum absolute atomic E-state index is 4.00. The molecule has 4 nitrogen and oxygen atoms in total. The van der Waals surface area contributed by atoms with Crippen molar-refractivity contribution in [1.82, 2.24) is 20.1 Å². The van der Waals surface area contributed by atoms with Crippen molar-refractivity contribution in [1.29, 1.82) is 0 Å². The summed E-state index contributed by atoms with van der Waals surface area (Å²) >= 11 is 0. The Morgan fingerprint density at radius 1 is 1.62 bits per heavy atom. The number of aromatic nitrogens is 3. The van der Waals surface area contributed by atoms with E-state index in [1.807, 2.05) is 11.6 Å². The van der Waals surface area contributed by atoms with Crippen LogP contribution in [0.1, 0.15) is 25.1 Å². The lowest BCUT2D eigenvalue weighted by Crippen LogP contribution is -2.17. The Labute approximate surface area is 78.4 Å². The van der Waals surface area contributed by atoms with Gasteiger partial charge in [0.2, 0.25) is 0 Å². The van der Waals surface area contributed by atoms with Crippen LogP contribution in [0.25, 0.3) is 0 Å². The number of aryl methyl sites for hydroxylation is 1. The van der Waals surface area contributed by atoms with Crippen LogP contribution >= 0.6 is 0 Å². The highest BCUT2D eigenvalue weighted by atomic mass is 15.3. The van der Waals surface area contributed by atoms with Gasteiger partial charge in [-0.1, -0.05) is 12.8 Å². The van der Waals surface area contributed by atoms with Gasteiger partial charge in [0, 0.05) is 7.05 Å². The van der Waals surface area contributed by atoms with Crippen LogP contribution in [0.4, 0.5) is 0 Å². The Hall–Kier alpha value is -0.900. The number of hydrogen-bond acceptors (Lipinski definition) is 3. The Morgan fingerprint density at radius 3 is 3.08 bits per heavy atom. The van der Waals surface area contributed by atoms with Crippen LogP contribution in [0.3, 0.4) is 0 Å². The normalized spacial score (nSPS) is 16.4. The van der Waals surface area contributed by atoms with Gasteiger partial charge in [0.25, 0.3) is 0 Å². The second-order valence-corrected chi connectivity index (χ2v) is 3.77. The van der Waals surface area contributed by atoms with Gasteiger partial charge in [-0.2, -0.15) is 0 Å². The van der Waals surface area contributed by atoms with Crippen LogP contribution in [0, 0.1) is 5.92 Å². The molecule has 1 aromatic heterocycles. The molecule has 1 heterocycles. The summed E-state index contributed by atoms with van der Waals surface area (Å²) in [4.78, 5) is 0. The Balaban J connectivity index is 1.64. The summed E-state index contributed by atoms with van der Waals surface area (Å²) in [5.41, 5.74) is 0. The van der Waals surface area contributed by atoms with Crippen molar-refractivity contribution in [3.63, 3.8) is 0 Å². The zero-order valence-electron chi connectivity index (χ0n) is 8.03. The van der Waals surface area contributed by atoms with Crippen molar-refractivity contribution >= 4 is 0 Å². The molecule has 0 aromatic carbocycles. The molecule has 1 N–H and O–H groups in total. The standard InChI is InChI=1S/C9H16N4/c1-13-7-11-12-9(13)6-10-5-4-8-2-3-8/h7-8,10H,2-6H2,1H3. The first-order valence-electron chi connectivity index (χ1n) is 4.90. The summed E-state index contributed by atoms with van der Waals surface area (Å²) in [6, 6.07) is 0. The summed E-state index contributed by atoms with van der Waals surface area (Å²) in [6.45, 7) is 1.95. The molecule has 0 saturated heterocycles. The Bertz CT molecular complexity index is 264. The van der Waals surface area contributed by atoms with E-state index in [9.17, 15) is 0 Å². The molecular weight excluding hydrogens is 164 g/mol. The van der Waals surface area contributed by atoms with Gasteiger partial charge in [-0.25, -0.2) is 0 Å². The van der Waals surface area contributed by atoms with Crippen molar-refractivity contribution in [2.24, 2.45) is 13.0 Å². The molecule has 0 bridgehead atoms. The zero-order chi connectivity index (χ0) is 9.10. The predicted molar refractivity (Wildman–Crippen MR) is 50.1 cm³/mol. The van der Waals surface area contributed by atoms with E-state index in [0.717, 1.165) is 24.8 Å². The minimum absolute atomic E-state index is 0.837. The van der Waals surface area contributed by atoms with Crippen LogP contribution in [-0.2, 0) is 13.6 Å². The van der Waals surface area contributed by atoms with Gasteiger partial charge in [-0.15, -0.1) is 10.2 Å². The summed E-state index contributed by atoms with van der Waals surface area (Å²) in [5, 5.41) is 11.2. The third-order valence-electron chi connectivity index (χ3n) is 2.51. The molecule has 0 amide bonds. The molecule has 0 aliphatic heterocycles. The van der Waals surface area contributed by atoms with Crippen LogP contribution in [0.15, 0.2) is 6.33 Å². The highest BCUT2D eigenvalue weighted by molar-refractivity contribution is 4.83. The molecule has 72 valence electrons. The van der Waals surface area contributed by atoms with Crippen LogP contribution < -0.4 is 5.32 Å². The second kappa shape index (κ2) is 3.87. The molecule has 0 spiro atoms. The third kappa shape index (κ3) is 2.52. The average molecular weight is 180 g/mol. The fraction of sp³-hybridized carbons (Fsp3) is 0.778. The minimum atomic E-state index is 0.837. The van der Waals surface area contributed by atoms with Crippen LogP contribution in [0.2, 0.25) is 0 Å². The van der Waals surface area contributed by atoms with Crippen LogP contribution in [0.5, 0.6) is 0 Å². The van der Waals surface area contributed by atoms with Gasteiger partial charge in [0.15, 0.2) is 0 Å². The first-order valence-corrected chi connectivity index (χ1v) is 4.90. The molecule has 1 saturated carbocycles. The second-order valence-electron chi connectivity index (χ2n) is 3.77. The maximum Gasteiger partial charge on any atom is 0.146 e. The van der Waals surface area contributed by atoms with Gasteiger partial charge >= 0.3 is 0 Å². The fourth-order valence-electron chi connectivity index (χ4n) is 1.38. The minimum Gasteiger partial charge on any atom is -0.320 e. The molecule has 1 aromatic rings. The van der Waals surface area contributed by atoms with E-state index in [1.165, 1.54) is 19.3 Å². The van der Waals surface area contributed by atoms with Crippen LogP contribution in [-0.4, -0.2) is 21.3 Å². The molecule has 1 aliphatic rings. The Morgan fingerprint density at radius 2 is 2.46 bits per heavy atom. The fourth-order valence-corrected chi connectivity index (χ4v) is 1.38. The smallest absolute Gasteiger partial charge is 0.146 e. The zero-order valence-corrected chi connectivity index (χ0v) is 8.03. The molecule has 13 heavy (non-hydrogen) atoms. The molecular formula is C9H16N4. The van der Waals surface area contributed by atoms with Gasteiger partial charge < -0.3 is 9.88 Å². The van der Waals surface area contributed by atoms with Gasteiger partial charge in [-0.3, -0.25) is 0 Å². The van der Waals surface area contributed by atoms with Crippen molar-refractivity contribution in [3.05, 3.63) is 12.2 Å². The number of rotatable bonds is 5. The van der Waals surface area contributed by atoms with Gasteiger partial charge in [0.1, 0.15) is 12.2 Å². The average Bonchev–Trinajstić information content (AvgIpc) is 2.86. The van der Waals surface area contributed by atoms with Gasteiger partial charge in [0.05, 0.1) is 6.54 Å². The highest BCUT2D eigenvalue weighted by Crippen LogP contribution is 2.31. The van der Waals surface area contributed by atoms with Crippen molar-refractivity contribution in [3.8, 4) is 0 Å². The molecule has 1 fully saturated rings. The molecule has 1 aliphatic carbocycles. The molecule has 4 heteroatoms. The van der Waals surface area contributed by atoms with E-state index in [4.69, 9.17) is 0 Å².